The van der Waals surface area contributed by atoms with Crippen LogP contribution < -0.4 is 0 Å². The Morgan fingerprint density at radius 2 is 1.93 bits per heavy atom. The second-order valence-corrected chi connectivity index (χ2v) is 5.18. The molecular formula is C13H20OS. The molecule has 0 saturated carbocycles. The molecule has 2 heteroatoms. The SMILES string of the molecule is CCC(CC)Sc1cccc(C(C)O)c1. The quantitative estimate of drug-likeness (QED) is 0.762. The summed E-state index contributed by atoms with van der Waals surface area (Å²) in [6, 6.07) is 8.21. The molecule has 1 aromatic rings. The number of aliphatic hydroxyl groups is 1. The van der Waals surface area contributed by atoms with E-state index in [2.05, 4.69) is 26.0 Å². The van der Waals surface area contributed by atoms with E-state index in [1.807, 2.05) is 23.9 Å². The lowest BCUT2D eigenvalue weighted by molar-refractivity contribution is 0.199. The lowest BCUT2D eigenvalue weighted by Gasteiger charge is -2.13. The summed E-state index contributed by atoms with van der Waals surface area (Å²) in [5.41, 5.74) is 1.01. The first kappa shape index (κ1) is 12.6. The molecule has 1 rings (SSSR count). The average Bonchev–Trinajstić information content (AvgIpc) is 2.26. The summed E-state index contributed by atoms with van der Waals surface area (Å²) in [6.45, 7) is 6.25. The van der Waals surface area contributed by atoms with Crippen LogP contribution in [0.25, 0.3) is 0 Å². The standard InChI is InChI=1S/C13H20OS/c1-4-12(5-2)15-13-8-6-7-11(9-13)10(3)14/h6-10,12,14H,4-5H2,1-3H3. The van der Waals surface area contributed by atoms with Crippen LogP contribution in [0.1, 0.15) is 45.3 Å². The highest BCUT2D eigenvalue weighted by molar-refractivity contribution is 8.00. The molecule has 0 aromatic heterocycles. The van der Waals surface area contributed by atoms with Crippen LogP contribution in [0.3, 0.4) is 0 Å². The number of hydrogen-bond donors (Lipinski definition) is 1. The number of rotatable bonds is 5. The van der Waals surface area contributed by atoms with E-state index in [0.717, 1.165) is 5.56 Å². The minimum Gasteiger partial charge on any atom is -0.389 e. The van der Waals surface area contributed by atoms with E-state index in [1.165, 1.54) is 17.7 Å². The highest BCUT2D eigenvalue weighted by Crippen LogP contribution is 2.29. The molecule has 1 aromatic carbocycles. The van der Waals surface area contributed by atoms with Gasteiger partial charge < -0.3 is 5.11 Å². The van der Waals surface area contributed by atoms with Crippen molar-refractivity contribution >= 4 is 11.8 Å². The molecule has 84 valence electrons. The van der Waals surface area contributed by atoms with Gasteiger partial charge in [-0.2, -0.15) is 0 Å². The Labute approximate surface area is 96.9 Å². The molecule has 0 aliphatic carbocycles. The molecule has 0 saturated heterocycles. The Hall–Kier alpha value is -0.470. The van der Waals surface area contributed by atoms with Crippen molar-refractivity contribution in [2.75, 3.05) is 0 Å². The highest BCUT2D eigenvalue weighted by atomic mass is 32.2. The summed E-state index contributed by atoms with van der Waals surface area (Å²) in [5.74, 6) is 0. The van der Waals surface area contributed by atoms with Crippen LogP contribution >= 0.6 is 11.8 Å². The third-order valence-corrected chi connectivity index (χ3v) is 4.08. The topological polar surface area (TPSA) is 20.2 Å². The Morgan fingerprint density at radius 1 is 1.27 bits per heavy atom. The maximum Gasteiger partial charge on any atom is 0.0762 e. The molecule has 0 radical (unpaired) electrons. The van der Waals surface area contributed by atoms with Crippen LogP contribution in [0.5, 0.6) is 0 Å². The second kappa shape index (κ2) is 6.19. The molecule has 0 aliphatic rings. The summed E-state index contributed by atoms with van der Waals surface area (Å²) < 4.78 is 0. The number of benzene rings is 1. The van der Waals surface area contributed by atoms with Gasteiger partial charge in [-0.3, -0.25) is 0 Å². The normalized spacial score (nSPS) is 13.1. The van der Waals surface area contributed by atoms with E-state index in [-0.39, 0.29) is 6.10 Å². The lowest BCUT2D eigenvalue weighted by Crippen LogP contribution is -1.98. The molecule has 0 amide bonds. The third-order valence-electron chi connectivity index (χ3n) is 2.55. The summed E-state index contributed by atoms with van der Waals surface area (Å²) in [5, 5.41) is 10.2. The first-order valence-electron chi connectivity index (χ1n) is 5.62. The minimum atomic E-state index is -0.368. The first-order valence-corrected chi connectivity index (χ1v) is 6.50. The van der Waals surface area contributed by atoms with E-state index >= 15 is 0 Å². The van der Waals surface area contributed by atoms with Gasteiger partial charge in [0.25, 0.3) is 0 Å². The molecule has 0 spiro atoms. The maximum absolute atomic E-state index is 9.49. The van der Waals surface area contributed by atoms with E-state index in [4.69, 9.17) is 0 Å². The fourth-order valence-corrected chi connectivity index (χ4v) is 2.58. The molecule has 1 atom stereocenters. The van der Waals surface area contributed by atoms with E-state index in [9.17, 15) is 5.11 Å². The monoisotopic (exact) mass is 224 g/mol. The lowest BCUT2D eigenvalue weighted by atomic mass is 10.1. The fourth-order valence-electron chi connectivity index (χ4n) is 1.50. The number of aliphatic hydroxyl groups excluding tert-OH is 1. The summed E-state index contributed by atoms with van der Waals surface area (Å²) >= 11 is 1.91. The largest absolute Gasteiger partial charge is 0.389 e. The fraction of sp³-hybridized carbons (Fsp3) is 0.538. The van der Waals surface area contributed by atoms with Gasteiger partial charge in [-0.1, -0.05) is 26.0 Å². The van der Waals surface area contributed by atoms with E-state index in [0.29, 0.717) is 5.25 Å². The molecule has 0 heterocycles. The van der Waals surface area contributed by atoms with Gasteiger partial charge in [0.15, 0.2) is 0 Å². The van der Waals surface area contributed by atoms with Gasteiger partial charge in [-0.25, -0.2) is 0 Å². The van der Waals surface area contributed by atoms with Crippen molar-refractivity contribution in [1.82, 2.24) is 0 Å². The molecule has 15 heavy (non-hydrogen) atoms. The van der Waals surface area contributed by atoms with Crippen molar-refractivity contribution in [3.05, 3.63) is 29.8 Å². The highest BCUT2D eigenvalue weighted by Gasteiger charge is 2.07. The van der Waals surface area contributed by atoms with Gasteiger partial charge in [0.05, 0.1) is 6.10 Å². The zero-order chi connectivity index (χ0) is 11.3. The van der Waals surface area contributed by atoms with Crippen molar-refractivity contribution in [2.45, 2.75) is 49.9 Å². The Morgan fingerprint density at radius 3 is 2.47 bits per heavy atom. The number of hydrogen-bond acceptors (Lipinski definition) is 2. The molecule has 1 unspecified atom stereocenters. The van der Waals surface area contributed by atoms with Crippen LogP contribution in [0.4, 0.5) is 0 Å². The Bertz CT molecular complexity index is 292. The predicted octanol–water partition coefficient (Wildman–Crippen LogP) is 4.02. The van der Waals surface area contributed by atoms with Crippen molar-refractivity contribution in [3.8, 4) is 0 Å². The first-order chi connectivity index (χ1) is 7.17. The van der Waals surface area contributed by atoms with Crippen molar-refractivity contribution in [3.63, 3.8) is 0 Å². The van der Waals surface area contributed by atoms with Crippen LogP contribution in [0, 0.1) is 0 Å². The molecule has 0 bridgehead atoms. The zero-order valence-corrected chi connectivity index (χ0v) is 10.6. The Kier molecular flexibility index (Phi) is 5.20. The van der Waals surface area contributed by atoms with E-state index in [1.54, 1.807) is 6.92 Å². The summed E-state index contributed by atoms with van der Waals surface area (Å²) in [4.78, 5) is 1.27. The van der Waals surface area contributed by atoms with Crippen molar-refractivity contribution < 1.29 is 5.11 Å². The van der Waals surface area contributed by atoms with Crippen molar-refractivity contribution in [2.24, 2.45) is 0 Å². The smallest absolute Gasteiger partial charge is 0.0762 e. The summed E-state index contributed by atoms with van der Waals surface area (Å²) in [6.07, 6.45) is 2.02. The van der Waals surface area contributed by atoms with Crippen LogP contribution in [-0.4, -0.2) is 10.4 Å². The molecule has 1 nitrogen and oxygen atoms in total. The molecule has 1 N–H and O–H groups in total. The van der Waals surface area contributed by atoms with Gasteiger partial charge in [0.2, 0.25) is 0 Å². The summed E-state index contributed by atoms with van der Waals surface area (Å²) in [7, 11) is 0. The molecule has 0 fully saturated rings. The average molecular weight is 224 g/mol. The van der Waals surface area contributed by atoms with Crippen LogP contribution in [0.15, 0.2) is 29.2 Å². The van der Waals surface area contributed by atoms with Gasteiger partial charge in [-0.05, 0) is 37.5 Å². The molecule has 0 aliphatic heterocycles. The van der Waals surface area contributed by atoms with Gasteiger partial charge in [0, 0.05) is 10.1 Å². The van der Waals surface area contributed by atoms with Crippen molar-refractivity contribution in [1.29, 1.82) is 0 Å². The van der Waals surface area contributed by atoms with E-state index < -0.39 is 0 Å². The second-order valence-electron chi connectivity index (χ2n) is 3.80. The number of thioether (sulfide) groups is 1. The van der Waals surface area contributed by atoms with Crippen LogP contribution in [-0.2, 0) is 0 Å². The maximum atomic E-state index is 9.49. The van der Waals surface area contributed by atoms with Gasteiger partial charge >= 0.3 is 0 Å². The Balaban J connectivity index is 2.72. The minimum absolute atomic E-state index is 0.368. The van der Waals surface area contributed by atoms with Gasteiger partial charge in [0.1, 0.15) is 0 Å². The predicted molar refractivity (Wildman–Crippen MR) is 67.3 cm³/mol. The third kappa shape index (κ3) is 3.88. The van der Waals surface area contributed by atoms with Gasteiger partial charge in [-0.15, -0.1) is 11.8 Å². The molecular weight excluding hydrogens is 204 g/mol. The van der Waals surface area contributed by atoms with Crippen LogP contribution in [0.2, 0.25) is 0 Å². The zero-order valence-electron chi connectivity index (χ0n) is 9.73.